The first-order chi connectivity index (χ1) is 10.1. The lowest BCUT2D eigenvalue weighted by Crippen LogP contribution is -2.51. The van der Waals surface area contributed by atoms with Gasteiger partial charge in [0, 0.05) is 24.8 Å². The number of anilines is 1. The fourth-order valence-corrected chi connectivity index (χ4v) is 3.00. The minimum absolute atomic E-state index is 0.0206. The van der Waals surface area contributed by atoms with Crippen molar-refractivity contribution in [3.05, 3.63) is 29.8 Å². The molecule has 2 unspecified atom stereocenters. The van der Waals surface area contributed by atoms with Gasteiger partial charge in [-0.1, -0.05) is 38.0 Å². The van der Waals surface area contributed by atoms with Gasteiger partial charge in [-0.15, -0.1) is 0 Å². The highest BCUT2D eigenvalue weighted by Crippen LogP contribution is 2.21. The average Bonchev–Trinajstić information content (AvgIpc) is 2.50. The topological polar surface area (TPSA) is 44.4 Å². The van der Waals surface area contributed by atoms with Crippen molar-refractivity contribution < 1.29 is 4.79 Å². The van der Waals surface area contributed by atoms with E-state index in [1.54, 1.807) is 0 Å². The maximum Gasteiger partial charge on any atom is 0.321 e. The highest BCUT2D eigenvalue weighted by atomic mass is 16.2. The Bertz CT molecular complexity index is 458. The first-order valence-electron chi connectivity index (χ1n) is 8.00. The molecule has 1 fully saturated rings. The van der Waals surface area contributed by atoms with Gasteiger partial charge in [0.1, 0.15) is 0 Å². The number of nitrogens with one attached hydrogen (secondary N) is 2. The first-order valence-corrected chi connectivity index (χ1v) is 8.00. The molecule has 1 saturated heterocycles. The summed E-state index contributed by atoms with van der Waals surface area (Å²) in [5, 5.41) is 6.54. The summed E-state index contributed by atoms with van der Waals surface area (Å²) in [6, 6.07) is 8.51. The van der Waals surface area contributed by atoms with E-state index in [0.717, 1.165) is 38.2 Å². The molecule has 116 valence electrons. The maximum absolute atomic E-state index is 12.4. The summed E-state index contributed by atoms with van der Waals surface area (Å²) < 4.78 is 0. The van der Waals surface area contributed by atoms with E-state index >= 15 is 0 Å². The number of benzene rings is 1. The summed E-state index contributed by atoms with van der Waals surface area (Å²) in [6.45, 7) is 9.05. The number of rotatable bonds is 4. The summed E-state index contributed by atoms with van der Waals surface area (Å²) in [4.78, 5) is 14.3. The van der Waals surface area contributed by atoms with Crippen LogP contribution in [-0.4, -0.2) is 36.6 Å². The average molecular weight is 289 g/mol. The lowest BCUT2D eigenvalue weighted by Gasteiger charge is -2.38. The minimum atomic E-state index is 0.0206. The van der Waals surface area contributed by atoms with E-state index < -0.39 is 0 Å². The molecule has 1 heterocycles. The maximum atomic E-state index is 12.4. The molecule has 1 aromatic carbocycles. The Kier molecular flexibility index (Phi) is 5.62. The van der Waals surface area contributed by atoms with Crippen LogP contribution in [0.3, 0.4) is 0 Å². The molecule has 1 aliphatic heterocycles. The Morgan fingerprint density at radius 2 is 2.00 bits per heavy atom. The van der Waals surface area contributed by atoms with Crippen LogP contribution >= 0.6 is 0 Å². The SMILES string of the molecule is CCNC1CCN(C(=O)Nc2ccc(C)cc2)CC1CC. The van der Waals surface area contributed by atoms with E-state index in [1.807, 2.05) is 36.1 Å². The van der Waals surface area contributed by atoms with Gasteiger partial charge in [0.2, 0.25) is 0 Å². The van der Waals surface area contributed by atoms with Gasteiger partial charge in [0.25, 0.3) is 0 Å². The van der Waals surface area contributed by atoms with Crippen LogP contribution < -0.4 is 10.6 Å². The van der Waals surface area contributed by atoms with Crippen molar-refractivity contribution in [3.63, 3.8) is 0 Å². The van der Waals surface area contributed by atoms with E-state index in [2.05, 4.69) is 24.5 Å². The Balaban J connectivity index is 1.92. The van der Waals surface area contributed by atoms with Crippen molar-refractivity contribution >= 4 is 11.7 Å². The van der Waals surface area contributed by atoms with Gasteiger partial charge in [-0.3, -0.25) is 0 Å². The van der Waals surface area contributed by atoms with Crippen LogP contribution in [0.1, 0.15) is 32.3 Å². The molecule has 2 N–H and O–H groups in total. The van der Waals surface area contributed by atoms with Crippen LogP contribution in [-0.2, 0) is 0 Å². The van der Waals surface area contributed by atoms with Gasteiger partial charge in [-0.2, -0.15) is 0 Å². The predicted octanol–water partition coefficient (Wildman–Crippen LogP) is 3.24. The highest BCUT2D eigenvalue weighted by molar-refractivity contribution is 5.89. The summed E-state index contributed by atoms with van der Waals surface area (Å²) >= 11 is 0. The van der Waals surface area contributed by atoms with Gasteiger partial charge in [0.15, 0.2) is 0 Å². The van der Waals surface area contributed by atoms with Crippen molar-refractivity contribution in [1.82, 2.24) is 10.2 Å². The summed E-state index contributed by atoms with van der Waals surface area (Å²) in [6.07, 6.45) is 2.14. The van der Waals surface area contributed by atoms with Crippen LogP contribution in [0.5, 0.6) is 0 Å². The molecule has 2 amide bonds. The summed E-state index contributed by atoms with van der Waals surface area (Å²) in [5.74, 6) is 0.544. The minimum Gasteiger partial charge on any atom is -0.324 e. The van der Waals surface area contributed by atoms with Crippen LogP contribution in [0, 0.1) is 12.8 Å². The normalized spacial score (nSPS) is 22.1. The van der Waals surface area contributed by atoms with Gasteiger partial charge in [0.05, 0.1) is 0 Å². The molecule has 21 heavy (non-hydrogen) atoms. The fourth-order valence-electron chi connectivity index (χ4n) is 3.00. The lowest BCUT2D eigenvalue weighted by atomic mass is 9.90. The third-order valence-corrected chi connectivity index (χ3v) is 4.31. The van der Waals surface area contributed by atoms with Crippen LogP contribution in [0.15, 0.2) is 24.3 Å². The number of aryl methyl sites for hydroxylation is 1. The zero-order chi connectivity index (χ0) is 15.2. The number of hydrogen-bond donors (Lipinski definition) is 2. The fraction of sp³-hybridized carbons (Fsp3) is 0.588. The second-order valence-corrected chi connectivity index (χ2v) is 5.86. The lowest BCUT2D eigenvalue weighted by molar-refractivity contribution is 0.151. The van der Waals surface area contributed by atoms with Gasteiger partial charge in [-0.05, 0) is 37.9 Å². The van der Waals surface area contributed by atoms with Gasteiger partial charge < -0.3 is 15.5 Å². The number of piperidine rings is 1. The molecule has 0 radical (unpaired) electrons. The van der Waals surface area contributed by atoms with Gasteiger partial charge >= 0.3 is 6.03 Å². The van der Waals surface area contributed by atoms with E-state index in [1.165, 1.54) is 5.56 Å². The molecule has 2 rings (SSSR count). The smallest absolute Gasteiger partial charge is 0.321 e. The molecular formula is C17H27N3O. The number of carbonyl (C=O) groups excluding carboxylic acids is 1. The van der Waals surface area contributed by atoms with E-state index in [4.69, 9.17) is 0 Å². The summed E-state index contributed by atoms with van der Waals surface area (Å²) in [5.41, 5.74) is 2.07. The van der Waals surface area contributed by atoms with E-state index in [-0.39, 0.29) is 6.03 Å². The standard InChI is InChI=1S/C17H27N3O/c1-4-14-12-20(11-10-16(14)18-5-2)17(21)19-15-8-6-13(3)7-9-15/h6-9,14,16,18H,4-5,10-12H2,1-3H3,(H,19,21). The van der Waals surface area contributed by atoms with Crippen molar-refractivity contribution in [1.29, 1.82) is 0 Å². The quantitative estimate of drug-likeness (QED) is 0.893. The number of urea groups is 1. The molecule has 0 bridgehead atoms. The number of hydrogen-bond acceptors (Lipinski definition) is 2. The zero-order valence-electron chi connectivity index (χ0n) is 13.4. The Morgan fingerprint density at radius 1 is 1.29 bits per heavy atom. The number of nitrogens with zero attached hydrogens (tertiary/aromatic N) is 1. The predicted molar refractivity (Wildman–Crippen MR) is 87.6 cm³/mol. The molecule has 1 aromatic rings. The molecule has 0 aromatic heterocycles. The van der Waals surface area contributed by atoms with Crippen LogP contribution in [0.2, 0.25) is 0 Å². The Morgan fingerprint density at radius 3 is 2.62 bits per heavy atom. The summed E-state index contributed by atoms with van der Waals surface area (Å²) in [7, 11) is 0. The third-order valence-electron chi connectivity index (χ3n) is 4.31. The molecule has 4 heteroatoms. The molecule has 0 aliphatic carbocycles. The molecule has 0 spiro atoms. The number of likely N-dealkylation sites (tertiary alicyclic amines) is 1. The van der Waals surface area contributed by atoms with Crippen molar-refractivity contribution in [3.8, 4) is 0 Å². The molecule has 2 atom stereocenters. The molecule has 4 nitrogen and oxygen atoms in total. The number of carbonyl (C=O) groups is 1. The first kappa shape index (κ1) is 15.8. The van der Waals surface area contributed by atoms with E-state index in [0.29, 0.717) is 12.0 Å². The highest BCUT2D eigenvalue weighted by Gasteiger charge is 2.29. The monoisotopic (exact) mass is 289 g/mol. The third kappa shape index (κ3) is 4.21. The van der Waals surface area contributed by atoms with Gasteiger partial charge in [-0.25, -0.2) is 4.79 Å². The van der Waals surface area contributed by atoms with Crippen molar-refractivity contribution in [2.45, 2.75) is 39.7 Å². The van der Waals surface area contributed by atoms with Crippen LogP contribution in [0.4, 0.5) is 10.5 Å². The van der Waals surface area contributed by atoms with Crippen molar-refractivity contribution in [2.24, 2.45) is 5.92 Å². The Labute approximate surface area is 127 Å². The second kappa shape index (κ2) is 7.46. The van der Waals surface area contributed by atoms with Crippen molar-refractivity contribution in [2.75, 3.05) is 25.0 Å². The zero-order valence-corrected chi connectivity index (χ0v) is 13.4. The van der Waals surface area contributed by atoms with Crippen LogP contribution in [0.25, 0.3) is 0 Å². The largest absolute Gasteiger partial charge is 0.324 e. The van der Waals surface area contributed by atoms with E-state index in [9.17, 15) is 4.79 Å². The molecule has 1 aliphatic rings. The number of amides is 2. The molecular weight excluding hydrogens is 262 g/mol. The Hall–Kier alpha value is -1.55. The second-order valence-electron chi connectivity index (χ2n) is 5.86. The molecule has 0 saturated carbocycles.